The van der Waals surface area contributed by atoms with Gasteiger partial charge in [-0.3, -0.25) is 4.79 Å². The van der Waals surface area contributed by atoms with Crippen molar-refractivity contribution in [3.8, 4) is 11.4 Å². The molecule has 3 aromatic rings. The minimum atomic E-state index is 0.0627. The summed E-state index contributed by atoms with van der Waals surface area (Å²) in [6.45, 7) is 2.61. The lowest BCUT2D eigenvalue weighted by molar-refractivity contribution is 0.0681. The number of tetrazole rings is 1. The summed E-state index contributed by atoms with van der Waals surface area (Å²) in [5, 5.41) is 11.6. The average molecular weight is 391 g/mol. The van der Waals surface area contributed by atoms with Crippen LogP contribution in [0.5, 0.6) is 5.75 Å². The van der Waals surface area contributed by atoms with E-state index in [4.69, 9.17) is 4.74 Å². The molecule has 29 heavy (non-hydrogen) atoms. The lowest BCUT2D eigenvalue weighted by Crippen LogP contribution is -2.34. The maximum Gasteiger partial charge on any atom is 0.254 e. The Morgan fingerprint density at radius 1 is 1.03 bits per heavy atom. The van der Waals surface area contributed by atoms with Gasteiger partial charge in [0.2, 0.25) is 0 Å². The largest absolute Gasteiger partial charge is 0.497 e. The van der Waals surface area contributed by atoms with Crippen LogP contribution >= 0.6 is 0 Å². The smallest absolute Gasteiger partial charge is 0.254 e. The molecule has 150 valence electrons. The van der Waals surface area contributed by atoms with Gasteiger partial charge in [-0.05, 0) is 72.2 Å². The summed E-state index contributed by atoms with van der Waals surface area (Å²) >= 11 is 0. The summed E-state index contributed by atoms with van der Waals surface area (Å²) in [5.41, 5.74) is 2.67. The quantitative estimate of drug-likeness (QED) is 0.677. The number of ether oxygens (including phenoxy) is 1. The van der Waals surface area contributed by atoms with Crippen LogP contribution in [-0.4, -0.2) is 44.7 Å². The summed E-state index contributed by atoms with van der Waals surface area (Å²) in [6.07, 6.45) is 4.27. The molecule has 2 aromatic carbocycles. The van der Waals surface area contributed by atoms with Crippen LogP contribution in [0.15, 0.2) is 48.5 Å². The number of amides is 1. The topological polar surface area (TPSA) is 73.1 Å². The lowest BCUT2D eigenvalue weighted by atomic mass is 10.00. The molecule has 4 rings (SSSR count). The van der Waals surface area contributed by atoms with Crippen LogP contribution in [-0.2, 0) is 0 Å². The molecule has 1 amide bonds. The number of aromatic nitrogens is 4. The molecular formula is C22H25N5O2. The zero-order chi connectivity index (χ0) is 20.2. The third-order valence-corrected chi connectivity index (χ3v) is 5.50. The maximum atomic E-state index is 13.4. The summed E-state index contributed by atoms with van der Waals surface area (Å²) in [7, 11) is 1.66. The first-order chi connectivity index (χ1) is 14.2. The number of benzene rings is 2. The molecule has 0 bridgehead atoms. The zero-order valence-corrected chi connectivity index (χ0v) is 16.8. The van der Waals surface area contributed by atoms with Crippen molar-refractivity contribution in [3.63, 3.8) is 0 Å². The van der Waals surface area contributed by atoms with Crippen molar-refractivity contribution in [3.05, 3.63) is 65.5 Å². The highest BCUT2D eigenvalue weighted by molar-refractivity contribution is 5.94. The minimum Gasteiger partial charge on any atom is -0.497 e. The van der Waals surface area contributed by atoms with E-state index in [9.17, 15) is 4.79 Å². The molecule has 0 unspecified atom stereocenters. The van der Waals surface area contributed by atoms with Gasteiger partial charge in [-0.1, -0.05) is 25.0 Å². The molecule has 0 N–H and O–H groups in total. The van der Waals surface area contributed by atoms with Crippen molar-refractivity contribution in [2.24, 2.45) is 0 Å². The Kier molecular flexibility index (Phi) is 5.55. The predicted molar refractivity (Wildman–Crippen MR) is 109 cm³/mol. The van der Waals surface area contributed by atoms with Gasteiger partial charge in [-0.15, -0.1) is 5.10 Å². The van der Waals surface area contributed by atoms with Gasteiger partial charge in [0.1, 0.15) is 5.75 Å². The predicted octanol–water partition coefficient (Wildman–Crippen LogP) is 3.74. The summed E-state index contributed by atoms with van der Waals surface area (Å²) in [6, 6.07) is 15.6. The fourth-order valence-electron chi connectivity index (χ4n) is 3.91. The van der Waals surface area contributed by atoms with E-state index in [0.29, 0.717) is 11.4 Å². The van der Waals surface area contributed by atoms with Gasteiger partial charge in [0, 0.05) is 12.1 Å². The van der Waals surface area contributed by atoms with Crippen molar-refractivity contribution >= 4 is 5.91 Å². The van der Waals surface area contributed by atoms with E-state index in [-0.39, 0.29) is 11.9 Å². The molecule has 7 nitrogen and oxygen atoms in total. The van der Waals surface area contributed by atoms with Crippen LogP contribution in [0, 0.1) is 6.92 Å². The molecule has 0 aliphatic carbocycles. The second-order valence-electron chi connectivity index (χ2n) is 7.32. The fourth-order valence-corrected chi connectivity index (χ4v) is 3.91. The van der Waals surface area contributed by atoms with E-state index >= 15 is 0 Å². The second kappa shape index (κ2) is 8.43. The van der Waals surface area contributed by atoms with Crippen LogP contribution < -0.4 is 4.74 Å². The van der Waals surface area contributed by atoms with E-state index in [1.807, 2.05) is 48.2 Å². The Morgan fingerprint density at radius 2 is 1.79 bits per heavy atom. The monoisotopic (exact) mass is 391 g/mol. The van der Waals surface area contributed by atoms with E-state index in [1.165, 1.54) is 0 Å². The van der Waals surface area contributed by atoms with E-state index in [0.717, 1.165) is 49.2 Å². The van der Waals surface area contributed by atoms with Crippen LogP contribution in [0.1, 0.15) is 53.5 Å². The van der Waals surface area contributed by atoms with E-state index < -0.39 is 0 Å². The first-order valence-electron chi connectivity index (χ1n) is 9.98. The van der Waals surface area contributed by atoms with Gasteiger partial charge >= 0.3 is 0 Å². The number of rotatable bonds is 4. The van der Waals surface area contributed by atoms with Crippen molar-refractivity contribution in [2.75, 3.05) is 13.7 Å². The highest BCUT2D eigenvalue weighted by Gasteiger charge is 2.27. The standard InChI is InChI=1S/C22H25N5O2/c1-16-23-24-25-27(16)19-11-7-18(8-12-19)22(28)26-15-5-3-4-6-21(26)17-9-13-20(29-2)14-10-17/h7-14,21H,3-6,15H2,1-2H3/t21-/m1/s1. The summed E-state index contributed by atoms with van der Waals surface area (Å²) < 4.78 is 6.93. The number of nitrogens with zero attached hydrogens (tertiary/aromatic N) is 5. The van der Waals surface area contributed by atoms with Gasteiger partial charge in [-0.25, -0.2) is 0 Å². The van der Waals surface area contributed by atoms with Crippen molar-refractivity contribution in [1.29, 1.82) is 0 Å². The zero-order valence-electron chi connectivity index (χ0n) is 16.8. The Hall–Kier alpha value is -3.22. The minimum absolute atomic E-state index is 0.0627. The SMILES string of the molecule is COc1ccc([C@H]2CCCCCN2C(=O)c2ccc(-n3nnnc3C)cc2)cc1. The van der Waals surface area contributed by atoms with Gasteiger partial charge < -0.3 is 9.64 Å². The lowest BCUT2D eigenvalue weighted by Gasteiger charge is -2.31. The second-order valence-corrected chi connectivity index (χ2v) is 7.32. The number of hydrogen-bond acceptors (Lipinski definition) is 5. The molecule has 1 aromatic heterocycles. The molecule has 7 heteroatoms. The molecule has 0 radical (unpaired) electrons. The number of methoxy groups -OCH3 is 1. The molecule has 1 atom stereocenters. The number of likely N-dealkylation sites (tertiary alicyclic amines) is 1. The van der Waals surface area contributed by atoms with Crippen molar-refractivity contribution < 1.29 is 9.53 Å². The Bertz CT molecular complexity index is 966. The molecule has 2 heterocycles. The average Bonchev–Trinajstić information content (AvgIpc) is 3.05. The molecule has 0 saturated carbocycles. The Labute approximate surface area is 170 Å². The van der Waals surface area contributed by atoms with Crippen LogP contribution in [0.4, 0.5) is 0 Å². The first kappa shape index (κ1) is 19.1. The molecular weight excluding hydrogens is 366 g/mol. The molecule has 1 aliphatic heterocycles. The normalized spacial score (nSPS) is 17.0. The first-order valence-corrected chi connectivity index (χ1v) is 9.98. The molecule has 1 saturated heterocycles. The summed E-state index contributed by atoms with van der Waals surface area (Å²) in [4.78, 5) is 15.4. The summed E-state index contributed by atoms with van der Waals surface area (Å²) in [5.74, 6) is 1.60. The van der Waals surface area contributed by atoms with Gasteiger partial charge in [0.25, 0.3) is 5.91 Å². The third-order valence-electron chi connectivity index (χ3n) is 5.50. The van der Waals surface area contributed by atoms with E-state index in [1.54, 1.807) is 11.8 Å². The molecule has 1 fully saturated rings. The molecule has 1 aliphatic rings. The van der Waals surface area contributed by atoms with Gasteiger partial charge in [0.15, 0.2) is 5.82 Å². The van der Waals surface area contributed by atoms with Crippen molar-refractivity contribution in [1.82, 2.24) is 25.1 Å². The fraction of sp³-hybridized carbons (Fsp3) is 0.364. The van der Waals surface area contributed by atoms with Gasteiger partial charge in [0.05, 0.1) is 18.8 Å². The Balaban J connectivity index is 1.59. The highest BCUT2D eigenvalue weighted by Crippen LogP contribution is 2.32. The number of carbonyl (C=O) groups excluding carboxylic acids is 1. The third kappa shape index (κ3) is 3.99. The number of hydrogen-bond donors (Lipinski definition) is 0. The van der Waals surface area contributed by atoms with Crippen LogP contribution in [0.3, 0.4) is 0 Å². The van der Waals surface area contributed by atoms with Gasteiger partial charge in [-0.2, -0.15) is 4.68 Å². The highest BCUT2D eigenvalue weighted by atomic mass is 16.5. The molecule has 0 spiro atoms. The van der Waals surface area contributed by atoms with Crippen LogP contribution in [0.25, 0.3) is 5.69 Å². The number of carbonyl (C=O) groups is 1. The Morgan fingerprint density at radius 3 is 2.45 bits per heavy atom. The van der Waals surface area contributed by atoms with Crippen LogP contribution in [0.2, 0.25) is 0 Å². The maximum absolute atomic E-state index is 13.4. The van der Waals surface area contributed by atoms with Crippen molar-refractivity contribution in [2.45, 2.75) is 38.6 Å². The van der Waals surface area contributed by atoms with E-state index in [2.05, 4.69) is 27.7 Å². The number of aryl methyl sites for hydroxylation is 1.